The molecule has 1 aliphatic rings. The van der Waals surface area contributed by atoms with E-state index in [0.29, 0.717) is 0 Å². The maximum atomic E-state index is 6.39. The monoisotopic (exact) mass is 870 g/mol. The molecule has 0 aliphatic heterocycles. The van der Waals surface area contributed by atoms with E-state index < -0.39 is 0 Å². The van der Waals surface area contributed by atoms with Crippen LogP contribution in [0.15, 0.2) is 247 Å². The summed E-state index contributed by atoms with van der Waals surface area (Å²) in [4.78, 5) is 4.77. The number of anilines is 6. The molecule has 0 unspecified atom stereocenters. The van der Waals surface area contributed by atoms with Gasteiger partial charge in [-0.1, -0.05) is 184 Å². The largest absolute Gasteiger partial charge is 0.456 e. The molecular weight excluding hydrogens is 825 g/mol. The average Bonchev–Trinajstić information content (AvgIpc) is 3.88. The van der Waals surface area contributed by atoms with Gasteiger partial charge in [0.1, 0.15) is 11.2 Å². The zero-order valence-electron chi connectivity index (χ0n) is 37.9. The molecule has 68 heavy (non-hydrogen) atoms. The van der Waals surface area contributed by atoms with Crippen molar-refractivity contribution in [1.29, 1.82) is 0 Å². The average molecular weight is 871 g/mol. The molecule has 1 aliphatic carbocycles. The SMILES string of the molecule is CC1(C)c2ccccc2-c2ccc(N(c3ccc(-c4ccc(-c5ccc(N(c6ccc7c(c6)oc6ccccc67)c6cccc7ccccc67)cc5)cc4)cc3)c3cccc4ccccc34)cc21. The van der Waals surface area contributed by atoms with Crippen molar-refractivity contribution < 1.29 is 4.42 Å². The maximum Gasteiger partial charge on any atom is 0.137 e. The third-order valence-corrected chi connectivity index (χ3v) is 14.3. The minimum absolute atomic E-state index is 0.103. The van der Waals surface area contributed by atoms with E-state index in [-0.39, 0.29) is 5.41 Å². The number of furan rings is 1. The molecule has 0 spiro atoms. The quantitative estimate of drug-likeness (QED) is 0.152. The highest BCUT2D eigenvalue weighted by Crippen LogP contribution is 2.51. The molecule has 0 saturated carbocycles. The third kappa shape index (κ3) is 6.50. The van der Waals surface area contributed by atoms with Gasteiger partial charge in [0.15, 0.2) is 0 Å². The van der Waals surface area contributed by atoms with Crippen LogP contribution in [-0.4, -0.2) is 0 Å². The molecule has 1 heterocycles. The van der Waals surface area contributed by atoms with E-state index in [9.17, 15) is 0 Å². The second-order valence-electron chi connectivity index (χ2n) is 18.5. The zero-order valence-corrected chi connectivity index (χ0v) is 37.9. The number of para-hydroxylation sites is 1. The number of hydrogen-bond acceptors (Lipinski definition) is 3. The molecule has 0 fully saturated rings. The van der Waals surface area contributed by atoms with E-state index in [0.717, 1.165) is 61.6 Å². The Balaban J connectivity index is 0.823. The molecule has 0 saturated heterocycles. The summed E-state index contributed by atoms with van der Waals surface area (Å²) >= 11 is 0. The first-order chi connectivity index (χ1) is 33.5. The Morgan fingerprint density at radius 1 is 0.309 bits per heavy atom. The third-order valence-electron chi connectivity index (χ3n) is 14.3. The van der Waals surface area contributed by atoms with Crippen molar-refractivity contribution in [3.63, 3.8) is 0 Å². The summed E-state index contributed by atoms with van der Waals surface area (Å²) in [5.41, 5.74) is 18.4. The van der Waals surface area contributed by atoms with Gasteiger partial charge in [0, 0.05) is 55.8 Å². The second kappa shape index (κ2) is 15.8. The van der Waals surface area contributed by atoms with Gasteiger partial charge in [-0.2, -0.15) is 0 Å². The van der Waals surface area contributed by atoms with Crippen molar-refractivity contribution in [3.8, 4) is 33.4 Å². The van der Waals surface area contributed by atoms with Crippen LogP contribution in [-0.2, 0) is 5.41 Å². The molecule has 3 nitrogen and oxygen atoms in total. The molecule has 11 aromatic carbocycles. The van der Waals surface area contributed by atoms with E-state index in [1.165, 1.54) is 60.5 Å². The summed E-state index contributed by atoms with van der Waals surface area (Å²) in [6, 6.07) is 88.1. The van der Waals surface area contributed by atoms with Crippen LogP contribution in [0.2, 0.25) is 0 Å². The zero-order chi connectivity index (χ0) is 45.3. The standard InChI is InChI=1S/C65H46N2O/c1-65(2)59-21-9-7-19-55(59)56-39-37-51(41-60(56)65)66(61-22-11-15-47-13-3-5-17-53(47)61)49-33-29-45(30-34-49)43-25-27-44(28-26-43)46-31-35-50(36-32-46)67(62-23-12-16-48-14-4-6-18-54(48)62)52-38-40-58-57-20-8-10-24-63(57)68-64(58)42-52/h3-42H,1-2H3. The Kier molecular flexibility index (Phi) is 9.19. The maximum absolute atomic E-state index is 6.39. The Morgan fingerprint density at radius 2 is 0.735 bits per heavy atom. The Bertz CT molecular complexity index is 3870. The van der Waals surface area contributed by atoms with Crippen LogP contribution >= 0.6 is 0 Å². The molecule has 13 rings (SSSR count). The molecule has 0 radical (unpaired) electrons. The van der Waals surface area contributed by atoms with Gasteiger partial charge in [0.05, 0.1) is 11.4 Å². The number of rotatable bonds is 8. The Labute approximate surface area is 396 Å². The van der Waals surface area contributed by atoms with Gasteiger partial charge in [-0.3, -0.25) is 0 Å². The lowest BCUT2D eigenvalue weighted by Gasteiger charge is -2.29. The van der Waals surface area contributed by atoms with Crippen molar-refractivity contribution >= 4 is 77.6 Å². The fourth-order valence-corrected chi connectivity index (χ4v) is 10.8. The predicted octanol–water partition coefficient (Wildman–Crippen LogP) is 18.5. The minimum Gasteiger partial charge on any atom is -0.456 e. The number of benzene rings is 11. The normalized spacial score (nSPS) is 12.7. The highest BCUT2D eigenvalue weighted by molar-refractivity contribution is 6.07. The van der Waals surface area contributed by atoms with Crippen LogP contribution in [0.25, 0.3) is 76.9 Å². The lowest BCUT2D eigenvalue weighted by Crippen LogP contribution is -2.16. The molecule has 322 valence electrons. The van der Waals surface area contributed by atoms with Crippen molar-refractivity contribution in [1.82, 2.24) is 0 Å². The van der Waals surface area contributed by atoms with Gasteiger partial charge >= 0.3 is 0 Å². The van der Waals surface area contributed by atoms with Crippen molar-refractivity contribution in [2.75, 3.05) is 9.80 Å². The molecule has 12 aromatic rings. The van der Waals surface area contributed by atoms with Gasteiger partial charge in [-0.15, -0.1) is 0 Å². The molecule has 0 N–H and O–H groups in total. The Morgan fingerprint density at radius 3 is 1.34 bits per heavy atom. The van der Waals surface area contributed by atoms with E-state index in [2.05, 4.69) is 254 Å². The lowest BCUT2D eigenvalue weighted by atomic mass is 9.82. The molecule has 0 bridgehead atoms. The van der Waals surface area contributed by atoms with E-state index in [1.807, 2.05) is 12.1 Å². The summed E-state index contributed by atoms with van der Waals surface area (Å²) in [6.45, 7) is 4.71. The summed E-state index contributed by atoms with van der Waals surface area (Å²) in [6.07, 6.45) is 0. The van der Waals surface area contributed by atoms with E-state index in [1.54, 1.807) is 0 Å². The number of fused-ring (bicyclic) bond motifs is 8. The van der Waals surface area contributed by atoms with Gasteiger partial charge in [0.2, 0.25) is 0 Å². The van der Waals surface area contributed by atoms with Crippen LogP contribution < -0.4 is 9.80 Å². The summed E-state index contributed by atoms with van der Waals surface area (Å²) in [7, 11) is 0. The van der Waals surface area contributed by atoms with Gasteiger partial charge in [-0.05, 0) is 122 Å². The summed E-state index contributed by atoms with van der Waals surface area (Å²) in [5.74, 6) is 0. The van der Waals surface area contributed by atoms with Crippen molar-refractivity contribution in [2.24, 2.45) is 0 Å². The molecule has 3 heteroatoms. The van der Waals surface area contributed by atoms with Crippen LogP contribution in [0.3, 0.4) is 0 Å². The second-order valence-corrected chi connectivity index (χ2v) is 18.5. The van der Waals surface area contributed by atoms with Crippen molar-refractivity contribution in [3.05, 3.63) is 254 Å². The fourth-order valence-electron chi connectivity index (χ4n) is 10.8. The first-order valence-corrected chi connectivity index (χ1v) is 23.5. The lowest BCUT2D eigenvalue weighted by molar-refractivity contribution is 0.660. The highest BCUT2D eigenvalue weighted by Gasteiger charge is 2.36. The molecule has 0 amide bonds. The fraction of sp³-hybridized carbons (Fsp3) is 0.0462. The predicted molar refractivity (Wildman–Crippen MR) is 287 cm³/mol. The van der Waals surface area contributed by atoms with Crippen LogP contribution in [0.5, 0.6) is 0 Å². The Hall–Kier alpha value is -8.66. The first-order valence-electron chi connectivity index (χ1n) is 23.5. The molecule has 1 aromatic heterocycles. The number of nitrogens with zero attached hydrogens (tertiary/aromatic N) is 2. The summed E-state index contributed by atoms with van der Waals surface area (Å²) in [5, 5.41) is 7.07. The van der Waals surface area contributed by atoms with E-state index in [4.69, 9.17) is 4.42 Å². The molecular formula is C65H46N2O. The van der Waals surface area contributed by atoms with Crippen LogP contribution in [0, 0.1) is 0 Å². The topological polar surface area (TPSA) is 19.6 Å². The van der Waals surface area contributed by atoms with Crippen LogP contribution in [0.1, 0.15) is 25.0 Å². The highest BCUT2D eigenvalue weighted by atomic mass is 16.3. The number of hydrogen-bond donors (Lipinski definition) is 0. The van der Waals surface area contributed by atoms with Gasteiger partial charge in [0.25, 0.3) is 0 Å². The summed E-state index contributed by atoms with van der Waals surface area (Å²) < 4.78 is 6.39. The smallest absolute Gasteiger partial charge is 0.137 e. The molecule has 0 atom stereocenters. The van der Waals surface area contributed by atoms with Crippen molar-refractivity contribution in [2.45, 2.75) is 19.3 Å². The van der Waals surface area contributed by atoms with E-state index >= 15 is 0 Å². The van der Waals surface area contributed by atoms with Gasteiger partial charge < -0.3 is 14.2 Å². The minimum atomic E-state index is -0.103. The van der Waals surface area contributed by atoms with Crippen LogP contribution in [0.4, 0.5) is 34.1 Å². The first kappa shape index (κ1) is 39.7. The van der Waals surface area contributed by atoms with Gasteiger partial charge in [-0.25, -0.2) is 0 Å².